The van der Waals surface area contributed by atoms with E-state index in [-0.39, 0.29) is 11.8 Å². The molecule has 1 saturated heterocycles. The monoisotopic (exact) mass is 318 g/mol. The number of carbonyl (C=O) groups is 2. The van der Waals surface area contributed by atoms with Crippen LogP contribution in [0, 0.1) is 0 Å². The molecule has 1 N–H and O–H groups in total. The van der Waals surface area contributed by atoms with E-state index in [0.29, 0.717) is 32.5 Å². The molecule has 0 saturated carbocycles. The smallest absolute Gasteiger partial charge is 0.245 e. The molecular formula is C18H26N2O3. The quantitative estimate of drug-likeness (QED) is 0.743. The highest BCUT2D eigenvalue weighted by Crippen LogP contribution is 2.30. The lowest BCUT2D eigenvalue weighted by atomic mass is 9.97. The van der Waals surface area contributed by atoms with E-state index in [1.165, 1.54) is 5.56 Å². The fourth-order valence-corrected chi connectivity index (χ4v) is 3.00. The zero-order chi connectivity index (χ0) is 16.7. The summed E-state index contributed by atoms with van der Waals surface area (Å²) < 4.78 is 4.98. The maximum Gasteiger partial charge on any atom is 0.245 e. The molecule has 1 aliphatic heterocycles. The van der Waals surface area contributed by atoms with Crippen LogP contribution >= 0.6 is 0 Å². The number of carbonyl (C=O) groups excluding carboxylic acids is 2. The second kappa shape index (κ2) is 8.11. The molecule has 0 aliphatic carbocycles. The van der Waals surface area contributed by atoms with Gasteiger partial charge in [-0.15, -0.1) is 0 Å². The van der Waals surface area contributed by atoms with Crippen molar-refractivity contribution in [3.05, 3.63) is 35.9 Å². The van der Waals surface area contributed by atoms with Gasteiger partial charge in [-0.3, -0.25) is 9.59 Å². The van der Waals surface area contributed by atoms with Crippen LogP contribution in [0.25, 0.3) is 0 Å². The molecule has 2 rings (SSSR count). The number of nitrogens with zero attached hydrogens (tertiary/aromatic N) is 1. The Morgan fingerprint density at radius 2 is 2.09 bits per heavy atom. The van der Waals surface area contributed by atoms with Gasteiger partial charge in [0.1, 0.15) is 5.54 Å². The van der Waals surface area contributed by atoms with E-state index < -0.39 is 5.54 Å². The highest BCUT2D eigenvalue weighted by molar-refractivity contribution is 5.94. The Bertz CT molecular complexity index is 532. The molecule has 0 radical (unpaired) electrons. The Hall–Kier alpha value is -1.88. The van der Waals surface area contributed by atoms with Crippen LogP contribution in [-0.4, -0.2) is 49.1 Å². The summed E-state index contributed by atoms with van der Waals surface area (Å²) in [5.74, 6) is 0.00277. The molecule has 1 aromatic carbocycles. The third kappa shape index (κ3) is 4.32. The lowest BCUT2D eigenvalue weighted by molar-refractivity contribution is -0.140. The third-order valence-corrected chi connectivity index (χ3v) is 4.49. The molecule has 0 unspecified atom stereocenters. The van der Waals surface area contributed by atoms with E-state index in [0.717, 1.165) is 12.8 Å². The van der Waals surface area contributed by atoms with Crippen LogP contribution in [0.15, 0.2) is 30.3 Å². The van der Waals surface area contributed by atoms with Gasteiger partial charge in [-0.1, -0.05) is 30.3 Å². The first kappa shape index (κ1) is 17.5. The minimum absolute atomic E-state index is 0.0625. The molecule has 1 heterocycles. The third-order valence-electron chi connectivity index (χ3n) is 4.49. The SMILES string of the molecule is COCCCNC(=O)[C@]1(C)CCC(=O)N1CCc1ccccc1. The maximum atomic E-state index is 12.6. The molecular weight excluding hydrogens is 292 g/mol. The molecule has 5 nitrogen and oxygen atoms in total. The van der Waals surface area contributed by atoms with Crippen LogP contribution in [0.5, 0.6) is 0 Å². The lowest BCUT2D eigenvalue weighted by Crippen LogP contribution is -2.55. The van der Waals surface area contributed by atoms with Gasteiger partial charge in [0.05, 0.1) is 0 Å². The van der Waals surface area contributed by atoms with Gasteiger partial charge in [-0.05, 0) is 31.7 Å². The number of rotatable bonds is 8. The maximum absolute atomic E-state index is 12.6. The summed E-state index contributed by atoms with van der Waals surface area (Å²) in [7, 11) is 1.64. The Balaban J connectivity index is 1.95. The first-order chi connectivity index (χ1) is 11.1. The van der Waals surface area contributed by atoms with Crippen LogP contribution < -0.4 is 5.32 Å². The van der Waals surface area contributed by atoms with Crippen molar-refractivity contribution in [2.75, 3.05) is 26.8 Å². The lowest BCUT2D eigenvalue weighted by Gasteiger charge is -2.34. The number of amides is 2. The Kier molecular flexibility index (Phi) is 6.16. The van der Waals surface area contributed by atoms with Gasteiger partial charge in [-0.2, -0.15) is 0 Å². The predicted octanol–water partition coefficient (Wildman–Crippen LogP) is 1.76. The fourth-order valence-electron chi connectivity index (χ4n) is 3.00. The largest absolute Gasteiger partial charge is 0.385 e. The molecule has 1 aliphatic rings. The van der Waals surface area contributed by atoms with Crippen molar-refractivity contribution >= 4 is 11.8 Å². The highest BCUT2D eigenvalue weighted by atomic mass is 16.5. The average Bonchev–Trinajstić information content (AvgIpc) is 2.86. The number of benzene rings is 1. The summed E-state index contributed by atoms with van der Waals surface area (Å²) in [6.45, 7) is 3.63. The molecule has 5 heteroatoms. The van der Waals surface area contributed by atoms with E-state index >= 15 is 0 Å². The Morgan fingerprint density at radius 1 is 1.35 bits per heavy atom. The van der Waals surface area contributed by atoms with E-state index in [9.17, 15) is 9.59 Å². The van der Waals surface area contributed by atoms with E-state index in [1.54, 1.807) is 12.0 Å². The molecule has 1 fully saturated rings. The molecule has 23 heavy (non-hydrogen) atoms. The van der Waals surface area contributed by atoms with Crippen molar-refractivity contribution in [1.82, 2.24) is 10.2 Å². The van der Waals surface area contributed by atoms with Gasteiger partial charge in [-0.25, -0.2) is 0 Å². The number of likely N-dealkylation sites (tertiary alicyclic amines) is 1. The van der Waals surface area contributed by atoms with E-state index in [2.05, 4.69) is 5.32 Å². The normalized spacial score (nSPS) is 20.8. The topological polar surface area (TPSA) is 58.6 Å². The molecule has 0 aromatic heterocycles. The second-order valence-electron chi connectivity index (χ2n) is 6.16. The number of nitrogens with one attached hydrogen (secondary N) is 1. The summed E-state index contributed by atoms with van der Waals surface area (Å²) in [6, 6.07) is 10.0. The van der Waals surface area contributed by atoms with Crippen molar-refractivity contribution < 1.29 is 14.3 Å². The van der Waals surface area contributed by atoms with Crippen LogP contribution in [0.1, 0.15) is 31.7 Å². The first-order valence-corrected chi connectivity index (χ1v) is 8.19. The van der Waals surface area contributed by atoms with Crippen molar-refractivity contribution in [3.8, 4) is 0 Å². The van der Waals surface area contributed by atoms with Gasteiger partial charge in [0, 0.05) is 33.2 Å². The minimum atomic E-state index is -0.737. The molecule has 1 aromatic rings. The average molecular weight is 318 g/mol. The van der Waals surface area contributed by atoms with Crippen LogP contribution in [0.4, 0.5) is 0 Å². The van der Waals surface area contributed by atoms with Crippen molar-refractivity contribution in [1.29, 1.82) is 0 Å². The Labute approximate surface area is 138 Å². The van der Waals surface area contributed by atoms with Crippen LogP contribution in [0.2, 0.25) is 0 Å². The van der Waals surface area contributed by atoms with Gasteiger partial charge in [0.2, 0.25) is 11.8 Å². The summed E-state index contributed by atoms with van der Waals surface area (Å²) in [6.07, 6.45) is 2.56. The molecule has 126 valence electrons. The van der Waals surface area contributed by atoms with Crippen LogP contribution in [0.3, 0.4) is 0 Å². The zero-order valence-corrected chi connectivity index (χ0v) is 14.0. The van der Waals surface area contributed by atoms with E-state index in [4.69, 9.17) is 4.74 Å². The standard InChI is InChI=1S/C18H26N2O3/c1-18(17(22)19-12-6-14-23-2)11-9-16(21)20(18)13-10-15-7-4-3-5-8-15/h3-5,7-8H,6,9-14H2,1-2H3,(H,19,22)/t18-/m0/s1. The number of methoxy groups -OCH3 is 1. The fraction of sp³-hybridized carbons (Fsp3) is 0.556. The first-order valence-electron chi connectivity index (χ1n) is 8.19. The number of hydrogen-bond donors (Lipinski definition) is 1. The van der Waals surface area contributed by atoms with Gasteiger partial charge >= 0.3 is 0 Å². The molecule has 0 spiro atoms. The van der Waals surface area contributed by atoms with Crippen LogP contribution in [-0.2, 0) is 20.7 Å². The number of hydrogen-bond acceptors (Lipinski definition) is 3. The van der Waals surface area contributed by atoms with Crippen molar-refractivity contribution in [3.63, 3.8) is 0 Å². The molecule has 1 atom stereocenters. The summed E-state index contributed by atoms with van der Waals surface area (Å²) >= 11 is 0. The predicted molar refractivity (Wildman–Crippen MR) is 89.0 cm³/mol. The highest BCUT2D eigenvalue weighted by Gasteiger charge is 2.46. The molecule has 0 bridgehead atoms. The summed E-state index contributed by atoms with van der Waals surface area (Å²) in [4.78, 5) is 26.5. The zero-order valence-electron chi connectivity index (χ0n) is 14.0. The van der Waals surface area contributed by atoms with Crippen molar-refractivity contribution in [2.45, 2.75) is 38.1 Å². The summed E-state index contributed by atoms with van der Waals surface area (Å²) in [5, 5.41) is 2.94. The van der Waals surface area contributed by atoms with Crippen molar-refractivity contribution in [2.24, 2.45) is 0 Å². The summed E-state index contributed by atoms with van der Waals surface area (Å²) in [5.41, 5.74) is 0.439. The van der Waals surface area contributed by atoms with E-state index in [1.807, 2.05) is 37.3 Å². The second-order valence-corrected chi connectivity index (χ2v) is 6.16. The Morgan fingerprint density at radius 3 is 2.78 bits per heavy atom. The number of ether oxygens (including phenoxy) is 1. The van der Waals surface area contributed by atoms with Gasteiger partial charge in [0.15, 0.2) is 0 Å². The van der Waals surface area contributed by atoms with Gasteiger partial charge < -0.3 is 15.0 Å². The van der Waals surface area contributed by atoms with Gasteiger partial charge in [0.25, 0.3) is 0 Å². The minimum Gasteiger partial charge on any atom is -0.385 e. The molecule has 2 amide bonds.